The van der Waals surface area contributed by atoms with Gasteiger partial charge in [-0.3, -0.25) is 4.90 Å². The van der Waals surface area contributed by atoms with Crippen molar-refractivity contribution in [3.63, 3.8) is 0 Å². The smallest absolute Gasteiger partial charge is 0.339 e. The molecular formula is C25H30N2O4. The molecule has 164 valence electrons. The number of methoxy groups -OCH3 is 1. The maximum atomic E-state index is 12.7. The highest BCUT2D eigenvalue weighted by atomic mass is 16.5. The molecule has 6 heteroatoms. The molecule has 1 aliphatic heterocycles. The Bertz CT molecular complexity index is 1090. The number of ether oxygens (including phenoxy) is 2. The third-order valence-corrected chi connectivity index (χ3v) is 6.04. The normalized spacial score (nSPS) is 14.7. The average molecular weight is 423 g/mol. The van der Waals surface area contributed by atoms with Crippen molar-refractivity contribution in [3.8, 4) is 11.5 Å². The van der Waals surface area contributed by atoms with Crippen molar-refractivity contribution in [1.29, 1.82) is 0 Å². The Labute approximate surface area is 183 Å². The first-order valence-corrected chi connectivity index (χ1v) is 10.9. The van der Waals surface area contributed by atoms with Crippen molar-refractivity contribution in [2.24, 2.45) is 0 Å². The van der Waals surface area contributed by atoms with Crippen molar-refractivity contribution in [2.75, 3.05) is 51.3 Å². The van der Waals surface area contributed by atoms with Crippen LogP contribution in [0.1, 0.15) is 18.1 Å². The van der Waals surface area contributed by atoms with Crippen LogP contribution in [-0.4, -0.2) is 51.3 Å². The largest absolute Gasteiger partial charge is 0.493 e. The molecule has 0 atom stereocenters. The second-order valence-electron chi connectivity index (χ2n) is 7.84. The van der Waals surface area contributed by atoms with Gasteiger partial charge in [-0.25, -0.2) is 4.79 Å². The lowest BCUT2D eigenvalue weighted by atomic mass is 10.0. The molecule has 1 aliphatic rings. The molecule has 0 saturated carbocycles. The second-order valence-corrected chi connectivity index (χ2v) is 7.84. The van der Waals surface area contributed by atoms with Crippen LogP contribution in [0.15, 0.2) is 51.7 Å². The molecule has 1 fully saturated rings. The molecule has 0 spiro atoms. The summed E-state index contributed by atoms with van der Waals surface area (Å²) >= 11 is 0. The van der Waals surface area contributed by atoms with E-state index < -0.39 is 0 Å². The summed E-state index contributed by atoms with van der Waals surface area (Å²) in [5.41, 5.74) is 3.24. The van der Waals surface area contributed by atoms with Crippen molar-refractivity contribution in [2.45, 2.75) is 20.3 Å². The molecular weight excluding hydrogens is 392 g/mol. The standard InChI is InChI=1S/C25H30N2O4/c1-4-30-24-16-21-18(2)20(25(28)31-22(21)17-23(24)29-3)10-11-26-12-14-27(15-13-26)19-8-6-5-7-9-19/h5-9,16-17H,4,10-15H2,1-3H3. The molecule has 0 unspecified atom stereocenters. The van der Waals surface area contributed by atoms with E-state index in [9.17, 15) is 4.79 Å². The van der Waals surface area contributed by atoms with E-state index in [0.29, 0.717) is 30.1 Å². The van der Waals surface area contributed by atoms with Gasteiger partial charge >= 0.3 is 5.63 Å². The third kappa shape index (κ3) is 4.54. The summed E-state index contributed by atoms with van der Waals surface area (Å²) < 4.78 is 16.7. The van der Waals surface area contributed by atoms with Crippen LogP contribution in [0.3, 0.4) is 0 Å². The molecule has 0 amide bonds. The fourth-order valence-electron chi connectivity index (χ4n) is 4.25. The molecule has 0 radical (unpaired) electrons. The topological polar surface area (TPSA) is 55.2 Å². The van der Waals surface area contributed by atoms with Gasteiger partial charge in [0, 0.05) is 55.4 Å². The quantitative estimate of drug-likeness (QED) is 0.539. The number of para-hydroxylation sites is 1. The Hall–Kier alpha value is -2.99. The minimum Gasteiger partial charge on any atom is -0.493 e. The van der Waals surface area contributed by atoms with E-state index >= 15 is 0 Å². The van der Waals surface area contributed by atoms with Gasteiger partial charge < -0.3 is 18.8 Å². The maximum absolute atomic E-state index is 12.7. The summed E-state index contributed by atoms with van der Waals surface area (Å²) in [5.74, 6) is 1.23. The lowest BCUT2D eigenvalue weighted by molar-refractivity contribution is 0.260. The predicted molar refractivity (Wildman–Crippen MR) is 124 cm³/mol. The Morgan fingerprint density at radius 1 is 1.03 bits per heavy atom. The number of fused-ring (bicyclic) bond motifs is 1. The summed E-state index contributed by atoms with van der Waals surface area (Å²) in [5, 5.41) is 0.896. The van der Waals surface area contributed by atoms with E-state index in [1.807, 2.05) is 26.0 Å². The van der Waals surface area contributed by atoms with Gasteiger partial charge in [0.1, 0.15) is 5.58 Å². The van der Waals surface area contributed by atoms with Crippen molar-refractivity contribution < 1.29 is 13.9 Å². The fourth-order valence-corrected chi connectivity index (χ4v) is 4.25. The number of hydrogen-bond acceptors (Lipinski definition) is 6. The molecule has 2 aromatic carbocycles. The highest BCUT2D eigenvalue weighted by Gasteiger charge is 2.19. The zero-order valence-electron chi connectivity index (χ0n) is 18.5. The monoisotopic (exact) mass is 422 g/mol. The van der Waals surface area contributed by atoms with Gasteiger partial charge in [-0.05, 0) is 44.0 Å². The number of piperazine rings is 1. The number of aryl methyl sites for hydroxylation is 1. The predicted octanol–water partition coefficient (Wildman–Crippen LogP) is 3.87. The molecule has 1 aromatic heterocycles. The zero-order chi connectivity index (χ0) is 21.8. The van der Waals surface area contributed by atoms with Crippen LogP contribution in [0.4, 0.5) is 5.69 Å². The molecule has 1 saturated heterocycles. The van der Waals surface area contributed by atoms with Crippen LogP contribution in [-0.2, 0) is 6.42 Å². The van der Waals surface area contributed by atoms with Gasteiger partial charge in [0.2, 0.25) is 0 Å². The number of hydrogen-bond donors (Lipinski definition) is 0. The van der Waals surface area contributed by atoms with Gasteiger partial charge in [0.15, 0.2) is 11.5 Å². The van der Waals surface area contributed by atoms with Crippen molar-refractivity contribution in [1.82, 2.24) is 4.90 Å². The van der Waals surface area contributed by atoms with Crippen molar-refractivity contribution in [3.05, 3.63) is 64.0 Å². The highest BCUT2D eigenvalue weighted by molar-refractivity contribution is 5.84. The molecule has 0 bridgehead atoms. The highest BCUT2D eigenvalue weighted by Crippen LogP contribution is 2.34. The van der Waals surface area contributed by atoms with Crippen LogP contribution in [0.2, 0.25) is 0 Å². The Morgan fingerprint density at radius 2 is 1.77 bits per heavy atom. The third-order valence-electron chi connectivity index (χ3n) is 6.04. The molecule has 0 N–H and O–H groups in total. The van der Waals surface area contributed by atoms with E-state index in [0.717, 1.165) is 49.2 Å². The fraction of sp³-hybridized carbons (Fsp3) is 0.400. The summed E-state index contributed by atoms with van der Waals surface area (Å²) in [4.78, 5) is 17.5. The van der Waals surface area contributed by atoms with Gasteiger partial charge in [-0.15, -0.1) is 0 Å². The molecule has 0 aliphatic carbocycles. The molecule has 3 aromatic rings. The molecule has 4 rings (SSSR count). The molecule has 6 nitrogen and oxygen atoms in total. The van der Waals surface area contributed by atoms with Crippen LogP contribution in [0.25, 0.3) is 11.0 Å². The Morgan fingerprint density at radius 3 is 2.45 bits per heavy atom. The van der Waals surface area contributed by atoms with Gasteiger partial charge in [-0.2, -0.15) is 0 Å². The van der Waals surface area contributed by atoms with E-state index in [-0.39, 0.29) is 5.63 Å². The number of nitrogens with zero attached hydrogens (tertiary/aromatic N) is 2. The second kappa shape index (κ2) is 9.43. The number of anilines is 1. The van der Waals surface area contributed by atoms with Gasteiger partial charge in [-0.1, -0.05) is 18.2 Å². The first-order valence-electron chi connectivity index (χ1n) is 10.9. The number of rotatable bonds is 7. The maximum Gasteiger partial charge on any atom is 0.339 e. The van der Waals surface area contributed by atoms with Crippen molar-refractivity contribution >= 4 is 16.7 Å². The first kappa shape index (κ1) is 21.2. The van der Waals surface area contributed by atoms with Gasteiger partial charge in [0.05, 0.1) is 13.7 Å². The lowest BCUT2D eigenvalue weighted by Crippen LogP contribution is -2.47. The minimum absolute atomic E-state index is 0.265. The first-order chi connectivity index (χ1) is 15.1. The van der Waals surface area contributed by atoms with E-state index in [4.69, 9.17) is 13.9 Å². The summed E-state index contributed by atoms with van der Waals surface area (Å²) in [6.07, 6.45) is 0.672. The summed E-state index contributed by atoms with van der Waals surface area (Å²) in [6, 6.07) is 14.2. The summed E-state index contributed by atoms with van der Waals surface area (Å²) in [6.45, 7) is 9.26. The summed E-state index contributed by atoms with van der Waals surface area (Å²) in [7, 11) is 1.58. The van der Waals surface area contributed by atoms with E-state index in [1.54, 1.807) is 13.2 Å². The Kier molecular flexibility index (Phi) is 6.47. The number of benzene rings is 2. The average Bonchev–Trinajstić information content (AvgIpc) is 2.80. The van der Waals surface area contributed by atoms with Gasteiger partial charge in [0.25, 0.3) is 0 Å². The van der Waals surface area contributed by atoms with Crippen LogP contribution in [0.5, 0.6) is 11.5 Å². The minimum atomic E-state index is -0.265. The zero-order valence-corrected chi connectivity index (χ0v) is 18.5. The molecule has 2 heterocycles. The van der Waals surface area contributed by atoms with Crippen LogP contribution < -0.4 is 20.0 Å². The van der Waals surface area contributed by atoms with Crippen LogP contribution in [0, 0.1) is 6.92 Å². The molecule has 31 heavy (non-hydrogen) atoms. The lowest BCUT2D eigenvalue weighted by Gasteiger charge is -2.36. The van der Waals surface area contributed by atoms with E-state index in [2.05, 4.69) is 34.1 Å². The van der Waals surface area contributed by atoms with Crippen LogP contribution >= 0.6 is 0 Å². The SMILES string of the molecule is CCOc1cc2c(C)c(CCN3CCN(c4ccccc4)CC3)c(=O)oc2cc1OC. The Balaban J connectivity index is 1.48. The van der Waals surface area contributed by atoms with E-state index in [1.165, 1.54) is 5.69 Å².